The van der Waals surface area contributed by atoms with Crippen molar-refractivity contribution in [1.29, 1.82) is 0 Å². The monoisotopic (exact) mass is 311 g/mol. The molecule has 2 aromatic rings. The summed E-state index contributed by atoms with van der Waals surface area (Å²) < 4.78 is 23.1. The predicted molar refractivity (Wildman–Crippen MR) is 84.8 cm³/mol. The Morgan fingerprint density at radius 1 is 1.00 bits per heavy atom. The molecule has 0 bridgehead atoms. The van der Waals surface area contributed by atoms with Crippen molar-refractivity contribution in [3.63, 3.8) is 0 Å². The van der Waals surface area contributed by atoms with Crippen LogP contribution in [0.25, 0.3) is 11.1 Å². The summed E-state index contributed by atoms with van der Waals surface area (Å²) in [5.74, 6) is 0. The number of hydrogen-bond donors (Lipinski definition) is 1. The molecule has 0 radical (unpaired) electrons. The Kier molecular flexibility index (Phi) is 5.34. The van der Waals surface area contributed by atoms with Gasteiger partial charge in [0.2, 0.25) is 0 Å². The van der Waals surface area contributed by atoms with Crippen LogP contribution >= 0.6 is 12.4 Å². The molecule has 0 aliphatic carbocycles. The molecule has 0 aromatic heterocycles. The molecule has 0 spiro atoms. The molecule has 2 N–H and O–H groups in total. The molecule has 0 saturated carbocycles. The van der Waals surface area contributed by atoms with Crippen LogP contribution in [-0.4, -0.2) is 14.7 Å². The van der Waals surface area contributed by atoms with Crippen molar-refractivity contribution in [1.82, 2.24) is 0 Å². The van der Waals surface area contributed by atoms with E-state index in [1.807, 2.05) is 37.3 Å². The van der Waals surface area contributed by atoms with Crippen LogP contribution < -0.4 is 5.73 Å². The van der Waals surface area contributed by atoms with Crippen LogP contribution in [0, 0.1) is 0 Å². The van der Waals surface area contributed by atoms with Gasteiger partial charge in [0.05, 0.1) is 4.90 Å². The summed E-state index contributed by atoms with van der Waals surface area (Å²) in [6.45, 7) is 1.92. The lowest BCUT2D eigenvalue weighted by Crippen LogP contribution is -2.04. The zero-order valence-corrected chi connectivity index (χ0v) is 13.0. The van der Waals surface area contributed by atoms with Gasteiger partial charge in [-0.25, -0.2) is 8.42 Å². The topological polar surface area (TPSA) is 60.2 Å². The average Bonchev–Trinajstić information content (AvgIpc) is 2.38. The lowest BCUT2D eigenvalue weighted by molar-refractivity contribution is 0.602. The van der Waals surface area contributed by atoms with Crippen molar-refractivity contribution in [2.75, 3.05) is 6.26 Å². The zero-order valence-electron chi connectivity index (χ0n) is 11.4. The maximum Gasteiger partial charge on any atom is 0.175 e. The molecule has 2 aromatic carbocycles. The maximum atomic E-state index is 11.6. The fraction of sp³-hybridized carbons (Fsp3) is 0.200. The lowest BCUT2D eigenvalue weighted by Gasteiger charge is -2.09. The minimum absolute atomic E-state index is 0. The quantitative estimate of drug-likeness (QED) is 0.947. The Balaban J connectivity index is 0.00000200. The molecule has 0 heterocycles. The van der Waals surface area contributed by atoms with E-state index in [4.69, 9.17) is 5.73 Å². The number of rotatable bonds is 3. The number of benzene rings is 2. The van der Waals surface area contributed by atoms with Crippen LogP contribution in [0.15, 0.2) is 53.4 Å². The van der Waals surface area contributed by atoms with E-state index in [9.17, 15) is 8.42 Å². The van der Waals surface area contributed by atoms with Crippen molar-refractivity contribution in [2.45, 2.75) is 17.9 Å². The molecule has 1 atom stereocenters. The average molecular weight is 312 g/mol. The lowest BCUT2D eigenvalue weighted by atomic mass is 10.0. The second-order valence-corrected chi connectivity index (χ2v) is 6.73. The van der Waals surface area contributed by atoms with Crippen LogP contribution in [-0.2, 0) is 9.84 Å². The molecule has 1 unspecified atom stereocenters. The predicted octanol–water partition coefficient (Wildman–Crippen LogP) is 3.20. The summed E-state index contributed by atoms with van der Waals surface area (Å²) >= 11 is 0. The largest absolute Gasteiger partial charge is 0.324 e. The molecule has 0 amide bonds. The number of nitrogens with two attached hydrogens (primary N) is 1. The van der Waals surface area contributed by atoms with Crippen molar-refractivity contribution in [2.24, 2.45) is 5.73 Å². The van der Waals surface area contributed by atoms with E-state index >= 15 is 0 Å². The van der Waals surface area contributed by atoms with Crippen LogP contribution in [0.2, 0.25) is 0 Å². The third-order valence-electron chi connectivity index (χ3n) is 3.01. The van der Waals surface area contributed by atoms with Crippen molar-refractivity contribution < 1.29 is 8.42 Å². The number of sulfone groups is 1. The third-order valence-corrected chi connectivity index (χ3v) is 4.12. The normalized spacial score (nSPS) is 12.6. The first-order chi connectivity index (χ1) is 8.88. The Morgan fingerprint density at radius 3 is 2.10 bits per heavy atom. The summed E-state index contributed by atoms with van der Waals surface area (Å²) in [7, 11) is -3.18. The van der Waals surface area contributed by atoms with Gasteiger partial charge in [-0.05, 0) is 41.8 Å². The van der Waals surface area contributed by atoms with E-state index in [2.05, 4.69) is 0 Å². The van der Waals surface area contributed by atoms with E-state index in [-0.39, 0.29) is 18.4 Å². The standard InChI is InChI=1S/C15H17NO2S.ClH/c1-11(16)12-5-3-6-13(9-12)14-7-4-8-15(10-14)19(2,17)18;/h3-11H,16H2,1-2H3;1H. The molecule has 0 saturated heterocycles. The van der Waals surface area contributed by atoms with Crippen LogP contribution in [0.1, 0.15) is 18.5 Å². The third kappa shape index (κ3) is 3.82. The maximum absolute atomic E-state index is 11.6. The fourth-order valence-electron chi connectivity index (χ4n) is 1.91. The highest BCUT2D eigenvalue weighted by Crippen LogP contribution is 2.24. The Hall–Kier alpha value is -1.36. The molecule has 0 aliphatic heterocycles. The summed E-state index contributed by atoms with van der Waals surface area (Å²) in [5, 5.41) is 0. The summed E-state index contributed by atoms with van der Waals surface area (Å²) in [6.07, 6.45) is 1.21. The first-order valence-corrected chi connectivity index (χ1v) is 7.93. The Bertz CT molecular complexity index is 697. The second kappa shape index (κ2) is 6.39. The molecule has 0 aliphatic rings. The van der Waals surface area contributed by atoms with Gasteiger partial charge in [-0.1, -0.05) is 30.3 Å². The Labute approximate surface area is 126 Å². The van der Waals surface area contributed by atoms with Crippen LogP contribution in [0.5, 0.6) is 0 Å². The van der Waals surface area contributed by atoms with Gasteiger partial charge in [0.1, 0.15) is 0 Å². The van der Waals surface area contributed by atoms with E-state index in [1.165, 1.54) is 6.26 Å². The van der Waals surface area contributed by atoms with Crippen molar-refractivity contribution in [3.8, 4) is 11.1 Å². The molecule has 3 nitrogen and oxygen atoms in total. The highest BCUT2D eigenvalue weighted by atomic mass is 35.5. The molecule has 20 heavy (non-hydrogen) atoms. The van der Waals surface area contributed by atoms with Gasteiger partial charge in [0, 0.05) is 12.3 Å². The second-order valence-electron chi connectivity index (χ2n) is 4.71. The van der Waals surface area contributed by atoms with E-state index in [1.54, 1.807) is 18.2 Å². The first-order valence-electron chi connectivity index (χ1n) is 6.04. The highest BCUT2D eigenvalue weighted by molar-refractivity contribution is 7.90. The summed E-state index contributed by atoms with van der Waals surface area (Å²) in [6, 6.07) is 14.7. The van der Waals surface area contributed by atoms with Crippen molar-refractivity contribution >= 4 is 22.2 Å². The van der Waals surface area contributed by atoms with E-state index in [0.29, 0.717) is 4.90 Å². The van der Waals surface area contributed by atoms with Gasteiger partial charge in [0.15, 0.2) is 9.84 Å². The van der Waals surface area contributed by atoms with E-state index < -0.39 is 9.84 Å². The molecular weight excluding hydrogens is 294 g/mol. The highest BCUT2D eigenvalue weighted by Gasteiger charge is 2.09. The number of hydrogen-bond acceptors (Lipinski definition) is 3. The van der Waals surface area contributed by atoms with Gasteiger partial charge in [-0.15, -0.1) is 12.4 Å². The van der Waals surface area contributed by atoms with Gasteiger partial charge < -0.3 is 5.73 Å². The molecular formula is C15H18ClNO2S. The zero-order chi connectivity index (χ0) is 14.0. The molecule has 2 rings (SSSR count). The van der Waals surface area contributed by atoms with E-state index in [0.717, 1.165) is 16.7 Å². The summed E-state index contributed by atoms with van der Waals surface area (Å²) in [5.41, 5.74) is 8.75. The van der Waals surface area contributed by atoms with Crippen LogP contribution in [0.4, 0.5) is 0 Å². The molecule has 5 heteroatoms. The van der Waals surface area contributed by atoms with Gasteiger partial charge >= 0.3 is 0 Å². The fourth-order valence-corrected chi connectivity index (χ4v) is 2.57. The minimum Gasteiger partial charge on any atom is -0.324 e. The SMILES string of the molecule is CC(N)c1cccc(-c2cccc(S(C)(=O)=O)c2)c1.Cl. The number of halogens is 1. The van der Waals surface area contributed by atoms with Crippen molar-refractivity contribution in [3.05, 3.63) is 54.1 Å². The minimum atomic E-state index is -3.18. The Morgan fingerprint density at radius 2 is 1.55 bits per heavy atom. The molecule has 0 fully saturated rings. The van der Waals surface area contributed by atoms with Gasteiger partial charge in [-0.2, -0.15) is 0 Å². The summed E-state index contributed by atoms with van der Waals surface area (Å²) in [4.78, 5) is 0.330. The smallest absolute Gasteiger partial charge is 0.175 e. The molecule has 108 valence electrons. The van der Waals surface area contributed by atoms with Gasteiger partial charge in [0.25, 0.3) is 0 Å². The van der Waals surface area contributed by atoms with Gasteiger partial charge in [-0.3, -0.25) is 0 Å². The first kappa shape index (κ1) is 16.7. The van der Waals surface area contributed by atoms with Crippen LogP contribution in [0.3, 0.4) is 0 Å².